The molecule has 0 aliphatic carbocycles. The van der Waals surface area contributed by atoms with Gasteiger partial charge in [0.05, 0.1) is 6.04 Å². The van der Waals surface area contributed by atoms with Gasteiger partial charge in [-0.25, -0.2) is 4.39 Å². The third kappa shape index (κ3) is 2.98. The molecule has 0 aromatic heterocycles. The molecular formula is C16H25FN2. The van der Waals surface area contributed by atoms with Crippen molar-refractivity contribution in [3.8, 4) is 0 Å². The monoisotopic (exact) mass is 264 g/mol. The maximum Gasteiger partial charge on any atom is 0.128 e. The fourth-order valence-corrected chi connectivity index (χ4v) is 3.28. The zero-order chi connectivity index (χ0) is 14.0. The molecule has 0 radical (unpaired) electrons. The van der Waals surface area contributed by atoms with E-state index in [0.29, 0.717) is 18.5 Å². The Kier molecular flexibility index (Phi) is 4.58. The predicted octanol–water partition coefficient (Wildman–Crippen LogP) is 3.25. The molecule has 106 valence electrons. The van der Waals surface area contributed by atoms with Crippen molar-refractivity contribution in [3.05, 3.63) is 35.1 Å². The van der Waals surface area contributed by atoms with Crippen molar-refractivity contribution in [3.63, 3.8) is 0 Å². The summed E-state index contributed by atoms with van der Waals surface area (Å²) in [6.45, 7) is 7.98. The lowest BCUT2D eigenvalue weighted by atomic mass is 9.97. The Morgan fingerprint density at radius 1 is 1.42 bits per heavy atom. The van der Waals surface area contributed by atoms with Crippen molar-refractivity contribution < 1.29 is 4.39 Å². The molecule has 1 aliphatic rings. The van der Waals surface area contributed by atoms with E-state index in [-0.39, 0.29) is 11.9 Å². The first-order valence-electron chi connectivity index (χ1n) is 7.26. The van der Waals surface area contributed by atoms with Crippen LogP contribution in [0.1, 0.15) is 43.9 Å². The van der Waals surface area contributed by atoms with Gasteiger partial charge in [-0.1, -0.05) is 31.5 Å². The normalized spacial score (nSPS) is 22.1. The van der Waals surface area contributed by atoms with Crippen molar-refractivity contribution in [1.82, 2.24) is 4.90 Å². The first-order valence-corrected chi connectivity index (χ1v) is 7.26. The lowest BCUT2D eigenvalue weighted by molar-refractivity contribution is 0.147. The van der Waals surface area contributed by atoms with E-state index in [1.54, 1.807) is 6.07 Å². The van der Waals surface area contributed by atoms with Gasteiger partial charge in [0, 0.05) is 18.2 Å². The third-order valence-electron chi connectivity index (χ3n) is 4.25. The second-order valence-electron chi connectivity index (χ2n) is 5.97. The second kappa shape index (κ2) is 6.02. The molecule has 0 amide bonds. The van der Waals surface area contributed by atoms with Gasteiger partial charge in [-0.2, -0.15) is 0 Å². The summed E-state index contributed by atoms with van der Waals surface area (Å²) < 4.78 is 14.1. The third-order valence-corrected chi connectivity index (χ3v) is 4.25. The number of nitrogens with two attached hydrogens (primary N) is 1. The van der Waals surface area contributed by atoms with Gasteiger partial charge < -0.3 is 5.73 Å². The Hall–Kier alpha value is -0.930. The number of aryl methyl sites for hydroxylation is 1. The van der Waals surface area contributed by atoms with Crippen molar-refractivity contribution >= 4 is 0 Å². The molecule has 0 bridgehead atoms. The first-order chi connectivity index (χ1) is 9.04. The van der Waals surface area contributed by atoms with Crippen LogP contribution in [-0.4, -0.2) is 24.0 Å². The van der Waals surface area contributed by atoms with Gasteiger partial charge in [-0.15, -0.1) is 0 Å². The van der Waals surface area contributed by atoms with Crippen LogP contribution >= 0.6 is 0 Å². The zero-order valence-electron chi connectivity index (χ0n) is 12.2. The highest BCUT2D eigenvalue weighted by atomic mass is 19.1. The van der Waals surface area contributed by atoms with E-state index in [1.807, 2.05) is 19.1 Å². The van der Waals surface area contributed by atoms with Crippen molar-refractivity contribution in [2.24, 2.45) is 11.7 Å². The van der Waals surface area contributed by atoms with Crippen LogP contribution in [0.15, 0.2) is 18.2 Å². The number of rotatable bonds is 4. The first kappa shape index (κ1) is 14.5. The van der Waals surface area contributed by atoms with Gasteiger partial charge in [-0.3, -0.25) is 4.90 Å². The minimum absolute atomic E-state index is 0.00907. The van der Waals surface area contributed by atoms with Gasteiger partial charge in [0.2, 0.25) is 0 Å². The van der Waals surface area contributed by atoms with Crippen molar-refractivity contribution in [2.45, 2.75) is 45.7 Å². The van der Waals surface area contributed by atoms with Crippen LogP contribution in [0, 0.1) is 18.7 Å². The minimum Gasteiger partial charge on any atom is -0.329 e. The summed E-state index contributed by atoms with van der Waals surface area (Å²) in [4.78, 5) is 2.41. The Bertz CT molecular complexity index is 431. The summed E-state index contributed by atoms with van der Waals surface area (Å²) in [5.41, 5.74) is 7.81. The Balaban J connectivity index is 2.31. The second-order valence-corrected chi connectivity index (χ2v) is 5.97. The van der Waals surface area contributed by atoms with Crippen LogP contribution < -0.4 is 5.73 Å². The summed E-state index contributed by atoms with van der Waals surface area (Å²) >= 11 is 0. The number of hydrogen-bond donors (Lipinski definition) is 1. The molecule has 2 nitrogen and oxygen atoms in total. The average molecular weight is 264 g/mol. The number of hydrogen-bond acceptors (Lipinski definition) is 2. The fourth-order valence-electron chi connectivity index (χ4n) is 3.28. The summed E-state index contributed by atoms with van der Waals surface area (Å²) in [6.07, 6.45) is 2.38. The number of benzene rings is 1. The van der Waals surface area contributed by atoms with E-state index in [1.165, 1.54) is 12.8 Å². The summed E-state index contributed by atoms with van der Waals surface area (Å²) in [5.74, 6) is 0.458. The minimum atomic E-state index is -0.129. The molecule has 19 heavy (non-hydrogen) atoms. The average Bonchev–Trinajstić information content (AvgIpc) is 2.84. The molecule has 1 aromatic rings. The molecule has 1 fully saturated rings. The summed E-state index contributed by atoms with van der Waals surface area (Å²) in [7, 11) is 0. The largest absolute Gasteiger partial charge is 0.329 e. The lowest BCUT2D eigenvalue weighted by Gasteiger charge is -2.35. The molecule has 2 N–H and O–H groups in total. The molecule has 1 saturated heterocycles. The highest BCUT2D eigenvalue weighted by Crippen LogP contribution is 2.33. The van der Waals surface area contributed by atoms with Crippen molar-refractivity contribution in [2.75, 3.05) is 13.1 Å². The van der Waals surface area contributed by atoms with Gasteiger partial charge >= 0.3 is 0 Å². The molecule has 3 heteroatoms. The van der Waals surface area contributed by atoms with E-state index < -0.39 is 0 Å². The van der Waals surface area contributed by atoms with Crippen molar-refractivity contribution in [1.29, 1.82) is 0 Å². The Labute approximate surface area is 115 Å². The van der Waals surface area contributed by atoms with Gasteiger partial charge in [0.1, 0.15) is 5.82 Å². The summed E-state index contributed by atoms with van der Waals surface area (Å²) in [5, 5.41) is 0. The zero-order valence-corrected chi connectivity index (χ0v) is 12.2. The predicted molar refractivity (Wildman–Crippen MR) is 77.5 cm³/mol. The number of nitrogens with zero attached hydrogens (tertiary/aromatic N) is 1. The lowest BCUT2D eigenvalue weighted by Crippen LogP contribution is -2.40. The van der Waals surface area contributed by atoms with E-state index in [4.69, 9.17) is 5.73 Å². The SMILES string of the molecule is Cc1ccc(F)c(C(CN)N2CCCC2C(C)C)c1. The standard InChI is InChI=1S/C16H25FN2/c1-11(2)15-5-4-8-19(15)16(10-18)13-9-12(3)6-7-14(13)17/h6-7,9,11,15-16H,4-5,8,10,18H2,1-3H3. The maximum absolute atomic E-state index is 14.1. The smallest absolute Gasteiger partial charge is 0.128 e. The van der Waals surface area contributed by atoms with E-state index >= 15 is 0 Å². The molecule has 2 atom stereocenters. The molecular weight excluding hydrogens is 239 g/mol. The summed E-state index contributed by atoms with van der Waals surface area (Å²) in [6, 6.07) is 5.86. The molecule has 2 rings (SSSR count). The molecule has 0 saturated carbocycles. The topological polar surface area (TPSA) is 29.3 Å². The number of likely N-dealkylation sites (tertiary alicyclic amines) is 1. The van der Waals surface area contributed by atoms with E-state index in [0.717, 1.165) is 17.7 Å². The van der Waals surface area contributed by atoms with Gasteiger partial charge in [0.15, 0.2) is 0 Å². The quantitative estimate of drug-likeness (QED) is 0.904. The van der Waals surface area contributed by atoms with Crippen LogP contribution in [0.2, 0.25) is 0 Å². The van der Waals surface area contributed by atoms with Crippen LogP contribution in [0.4, 0.5) is 4.39 Å². The van der Waals surface area contributed by atoms with Gasteiger partial charge in [-0.05, 0) is 38.3 Å². The van der Waals surface area contributed by atoms with E-state index in [9.17, 15) is 4.39 Å². The molecule has 0 spiro atoms. The molecule has 1 aliphatic heterocycles. The van der Waals surface area contributed by atoms with Crippen LogP contribution in [0.5, 0.6) is 0 Å². The fraction of sp³-hybridized carbons (Fsp3) is 0.625. The Morgan fingerprint density at radius 3 is 2.79 bits per heavy atom. The van der Waals surface area contributed by atoms with Crippen LogP contribution in [-0.2, 0) is 0 Å². The molecule has 1 aromatic carbocycles. The molecule has 1 heterocycles. The van der Waals surface area contributed by atoms with E-state index in [2.05, 4.69) is 18.7 Å². The highest BCUT2D eigenvalue weighted by Gasteiger charge is 2.33. The van der Waals surface area contributed by atoms with Crippen LogP contribution in [0.3, 0.4) is 0 Å². The highest BCUT2D eigenvalue weighted by molar-refractivity contribution is 5.27. The maximum atomic E-state index is 14.1. The van der Waals surface area contributed by atoms with Gasteiger partial charge in [0.25, 0.3) is 0 Å². The van der Waals surface area contributed by atoms with Crippen LogP contribution in [0.25, 0.3) is 0 Å². The molecule has 2 unspecified atom stereocenters. The Morgan fingerprint density at radius 2 is 2.16 bits per heavy atom. The number of halogens is 1.